The summed E-state index contributed by atoms with van der Waals surface area (Å²) < 4.78 is 0. The van der Waals surface area contributed by atoms with Gasteiger partial charge < -0.3 is 9.94 Å². The molecule has 2 N–H and O–H groups in total. The molecule has 0 aliphatic heterocycles. The summed E-state index contributed by atoms with van der Waals surface area (Å²) in [5.41, 5.74) is 4.16. The third-order valence-corrected chi connectivity index (χ3v) is 4.09. The molecule has 1 atom stereocenters. The number of hydroxylamine groups is 1. The Balaban J connectivity index is 1.69. The molecule has 0 saturated carbocycles. The number of amides is 1. The predicted octanol–water partition coefficient (Wildman–Crippen LogP) is 3.16. The lowest BCUT2D eigenvalue weighted by Crippen LogP contribution is -2.28. The van der Waals surface area contributed by atoms with E-state index in [0.717, 1.165) is 11.1 Å². The van der Waals surface area contributed by atoms with E-state index in [2.05, 4.69) is 5.48 Å². The lowest BCUT2D eigenvalue weighted by Gasteiger charge is -2.12. The smallest absolute Gasteiger partial charge is 0.336 e. The van der Waals surface area contributed by atoms with Gasteiger partial charge in [-0.3, -0.25) is 4.79 Å². The molecule has 0 aliphatic carbocycles. The van der Waals surface area contributed by atoms with Gasteiger partial charge in [0.1, 0.15) is 0 Å². The fraction of sp³-hybridized carbons (Fsp3) is 0.286. The second-order valence-electron chi connectivity index (χ2n) is 6.52. The Bertz CT molecular complexity index is 788. The monoisotopic (exact) mass is 369 g/mol. The van der Waals surface area contributed by atoms with Gasteiger partial charge in [0, 0.05) is 6.42 Å². The molecule has 1 unspecified atom stereocenters. The fourth-order valence-electron chi connectivity index (χ4n) is 2.68. The predicted molar refractivity (Wildman–Crippen MR) is 99.9 cm³/mol. The molecular weight excluding hydrogens is 346 g/mol. The van der Waals surface area contributed by atoms with Crippen LogP contribution in [0.5, 0.6) is 0 Å². The Morgan fingerprint density at radius 2 is 1.74 bits per heavy atom. The molecule has 2 aromatic rings. The van der Waals surface area contributed by atoms with Crippen molar-refractivity contribution in [2.45, 2.75) is 32.6 Å². The van der Waals surface area contributed by atoms with Gasteiger partial charge in [-0.15, -0.1) is 0 Å². The number of carboxylic acid groups (broad SMARTS) is 1. The van der Waals surface area contributed by atoms with Crippen LogP contribution in [0.1, 0.15) is 41.3 Å². The van der Waals surface area contributed by atoms with Crippen LogP contribution in [0, 0.1) is 5.92 Å². The van der Waals surface area contributed by atoms with Crippen molar-refractivity contribution in [2.24, 2.45) is 5.92 Å². The van der Waals surface area contributed by atoms with Crippen molar-refractivity contribution in [3.63, 3.8) is 0 Å². The maximum atomic E-state index is 11.8. The van der Waals surface area contributed by atoms with Gasteiger partial charge in [-0.25, -0.2) is 9.59 Å². The average molecular weight is 369 g/mol. The molecule has 142 valence electrons. The number of rotatable bonds is 8. The van der Waals surface area contributed by atoms with Crippen LogP contribution >= 0.6 is 0 Å². The van der Waals surface area contributed by atoms with E-state index in [1.165, 1.54) is 0 Å². The quantitative estimate of drug-likeness (QED) is 0.697. The Morgan fingerprint density at radius 3 is 2.44 bits per heavy atom. The van der Waals surface area contributed by atoms with Crippen molar-refractivity contribution in [2.75, 3.05) is 0 Å². The number of hydrogen-bond donors (Lipinski definition) is 2. The van der Waals surface area contributed by atoms with Crippen molar-refractivity contribution in [3.05, 3.63) is 71.3 Å². The second-order valence-corrected chi connectivity index (χ2v) is 6.52. The van der Waals surface area contributed by atoms with Gasteiger partial charge in [0.15, 0.2) is 0 Å². The van der Waals surface area contributed by atoms with Gasteiger partial charge in [0.2, 0.25) is 0 Å². The van der Waals surface area contributed by atoms with Crippen LogP contribution in [0.3, 0.4) is 0 Å². The second kappa shape index (κ2) is 10.1. The van der Waals surface area contributed by atoms with Crippen LogP contribution in [-0.4, -0.2) is 23.0 Å². The van der Waals surface area contributed by atoms with E-state index in [4.69, 9.17) is 9.94 Å². The minimum atomic E-state index is -0.957. The Labute approximate surface area is 158 Å². The van der Waals surface area contributed by atoms with Gasteiger partial charge in [0.25, 0.3) is 5.91 Å². The zero-order chi connectivity index (χ0) is 19.6. The van der Waals surface area contributed by atoms with Gasteiger partial charge in [-0.05, 0) is 42.0 Å². The molecule has 0 aromatic heterocycles. The largest absolute Gasteiger partial charge is 0.478 e. The molecule has 0 fully saturated rings. The first kappa shape index (κ1) is 20.2. The van der Waals surface area contributed by atoms with Crippen LogP contribution in [0.4, 0.5) is 0 Å². The summed E-state index contributed by atoms with van der Waals surface area (Å²) in [5.74, 6) is -1.66. The van der Waals surface area contributed by atoms with E-state index in [9.17, 15) is 14.4 Å². The Kier molecular flexibility index (Phi) is 7.55. The van der Waals surface area contributed by atoms with Crippen molar-refractivity contribution >= 4 is 17.8 Å². The zero-order valence-corrected chi connectivity index (χ0v) is 15.2. The van der Waals surface area contributed by atoms with Crippen LogP contribution in [-0.2, 0) is 27.3 Å². The molecular formula is C21H23NO5. The molecule has 1 amide bonds. The fourth-order valence-corrected chi connectivity index (χ4v) is 2.68. The van der Waals surface area contributed by atoms with Crippen molar-refractivity contribution < 1.29 is 24.3 Å². The normalized spacial score (nSPS) is 11.4. The standard InChI is InChI=1S/C21H23NO5/c1-15(12-17-8-5-9-18(13-17)21(25)26)10-11-19(23)22-27-20(24)14-16-6-3-2-4-7-16/h2-9,13,15H,10-12,14H2,1H3,(H,22,23)(H,25,26). The van der Waals surface area contributed by atoms with Gasteiger partial charge in [0.05, 0.1) is 12.0 Å². The topological polar surface area (TPSA) is 92.7 Å². The highest BCUT2D eigenvalue weighted by atomic mass is 16.7. The summed E-state index contributed by atoms with van der Waals surface area (Å²) >= 11 is 0. The maximum Gasteiger partial charge on any atom is 0.336 e. The lowest BCUT2D eigenvalue weighted by atomic mass is 9.95. The van der Waals surface area contributed by atoms with Crippen molar-refractivity contribution in [1.29, 1.82) is 0 Å². The summed E-state index contributed by atoms with van der Waals surface area (Å²) in [6.45, 7) is 1.99. The van der Waals surface area contributed by atoms with E-state index >= 15 is 0 Å². The number of carboxylic acids is 1. The molecule has 27 heavy (non-hydrogen) atoms. The molecule has 0 heterocycles. The molecule has 2 rings (SSSR count). The number of nitrogens with one attached hydrogen (secondary N) is 1. The Morgan fingerprint density at radius 1 is 1.04 bits per heavy atom. The number of aromatic carboxylic acids is 1. The Hall–Kier alpha value is -3.15. The maximum absolute atomic E-state index is 11.8. The highest BCUT2D eigenvalue weighted by Gasteiger charge is 2.11. The molecule has 0 radical (unpaired) electrons. The minimum Gasteiger partial charge on any atom is -0.478 e. The third kappa shape index (κ3) is 7.32. The van der Waals surface area contributed by atoms with E-state index in [0.29, 0.717) is 12.8 Å². The minimum absolute atomic E-state index is 0.0947. The average Bonchev–Trinajstić information content (AvgIpc) is 2.65. The molecule has 0 spiro atoms. The number of carbonyl (C=O) groups excluding carboxylic acids is 2. The summed E-state index contributed by atoms with van der Waals surface area (Å²) in [5, 5.41) is 9.02. The van der Waals surface area contributed by atoms with Crippen LogP contribution in [0.25, 0.3) is 0 Å². The van der Waals surface area contributed by atoms with Crippen LogP contribution < -0.4 is 5.48 Å². The summed E-state index contributed by atoms with van der Waals surface area (Å²) in [6.07, 6.45) is 1.58. The summed E-state index contributed by atoms with van der Waals surface area (Å²) in [4.78, 5) is 39.3. The SMILES string of the molecule is CC(CCC(=O)NOC(=O)Cc1ccccc1)Cc1cccc(C(=O)O)c1. The highest BCUT2D eigenvalue weighted by molar-refractivity contribution is 5.87. The zero-order valence-electron chi connectivity index (χ0n) is 15.2. The summed E-state index contributed by atoms with van der Waals surface area (Å²) in [7, 11) is 0. The summed E-state index contributed by atoms with van der Waals surface area (Å²) in [6, 6.07) is 15.9. The van der Waals surface area contributed by atoms with Gasteiger partial charge in [-0.2, -0.15) is 5.48 Å². The number of carbonyl (C=O) groups is 3. The molecule has 6 heteroatoms. The number of benzene rings is 2. The van der Waals surface area contributed by atoms with E-state index < -0.39 is 11.9 Å². The highest BCUT2D eigenvalue weighted by Crippen LogP contribution is 2.15. The van der Waals surface area contributed by atoms with Crippen molar-refractivity contribution in [1.82, 2.24) is 5.48 Å². The first-order valence-corrected chi connectivity index (χ1v) is 8.78. The first-order valence-electron chi connectivity index (χ1n) is 8.78. The third-order valence-electron chi connectivity index (χ3n) is 4.09. The van der Waals surface area contributed by atoms with Crippen LogP contribution in [0.2, 0.25) is 0 Å². The first-order chi connectivity index (χ1) is 12.9. The van der Waals surface area contributed by atoms with E-state index in [1.54, 1.807) is 18.2 Å². The lowest BCUT2D eigenvalue weighted by molar-refractivity contribution is -0.157. The van der Waals surface area contributed by atoms with Crippen LogP contribution in [0.15, 0.2) is 54.6 Å². The molecule has 2 aromatic carbocycles. The van der Waals surface area contributed by atoms with Gasteiger partial charge in [-0.1, -0.05) is 49.4 Å². The molecule has 0 saturated heterocycles. The van der Waals surface area contributed by atoms with E-state index in [-0.39, 0.29) is 30.2 Å². The van der Waals surface area contributed by atoms with Gasteiger partial charge >= 0.3 is 11.9 Å². The van der Waals surface area contributed by atoms with E-state index in [1.807, 2.05) is 43.3 Å². The molecule has 0 bridgehead atoms. The molecule has 6 nitrogen and oxygen atoms in total. The number of hydrogen-bond acceptors (Lipinski definition) is 4. The van der Waals surface area contributed by atoms with Crippen molar-refractivity contribution in [3.8, 4) is 0 Å². The molecule has 0 aliphatic rings.